The van der Waals surface area contributed by atoms with Gasteiger partial charge < -0.3 is 24.2 Å². The van der Waals surface area contributed by atoms with Crippen molar-refractivity contribution in [3.05, 3.63) is 47.7 Å². The number of aromatic hydroxyl groups is 1. The van der Waals surface area contributed by atoms with E-state index in [0.29, 0.717) is 58.2 Å². The summed E-state index contributed by atoms with van der Waals surface area (Å²) in [6.45, 7) is 6.42. The molecule has 3 aliphatic heterocycles. The number of morpholine rings is 1. The minimum Gasteiger partial charge on any atom is -0.508 e. The highest BCUT2D eigenvalue weighted by Crippen LogP contribution is 2.50. The molecule has 2 saturated carbocycles. The highest BCUT2D eigenvalue weighted by Gasteiger charge is 2.52. The zero-order chi connectivity index (χ0) is 37.6. The molecule has 1 N–H and O–H groups in total. The molecule has 11 nitrogen and oxygen atoms in total. The van der Waals surface area contributed by atoms with Crippen LogP contribution in [-0.2, 0) is 16.5 Å². The number of aryl methyl sites for hydroxylation is 1. The lowest BCUT2D eigenvalue weighted by Crippen LogP contribution is -2.54. The monoisotopic (exact) mass is 749 g/mol. The second-order valence-corrected chi connectivity index (χ2v) is 16.3. The molecular weight excluding hydrogens is 705 g/mol. The summed E-state index contributed by atoms with van der Waals surface area (Å²) in [5, 5.41) is 17.7. The molecular formula is C42H45F2N7O4. The van der Waals surface area contributed by atoms with Gasteiger partial charge >= 0.3 is 6.01 Å². The summed E-state index contributed by atoms with van der Waals surface area (Å²) in [5.41, 5.74) is 0.721. The lowest BCUT2D eigenvalue weighted by molar-refractivity contribution is 0.0179. The van der Waals surface area contributed by atoms with Gasteiger partial charge in [-0.2, -0.15) is 15.1 Å². The van der Waals surface area contributed by atoms with Crippen LogP contribution in [0.4, 0.5) is 14.6 Å². The molecule has 286 valence electrons. The molecule has 0 spiro atoms. The van der Waals surface area contributed by atoms with E-state index in [4.69, 9.17) is 35.7 Å². The quantitative estimate of drug-likeness (QED) is 0.135. The summed E-state index contributed by atoms with van der Waals surface area (Å²) in [6, 6.07) is 6.68. The van der Waals surface area contributed by atoms with E-state index in [1.807, 2.05) is 6.20 Å². The standard InChI is InChI=1S/C42H45F2N7O4/c1-4-28-31(43)9-6-24-16-27(52)17-29(34(24)28)35-37(44)39-36(30-21-48(2)47-38(30)35)40(51-25-7-8-26(51)20-49(19-25)12-5-14-53-3)46-41(45-39)55-23-42(10-11-42)22-50-13-15-54-33-18-32(33)50/h1,6,9,16-17,21,25-26,32-33,52H,5,7-8,10-15,18-20,22-23H2,2-3H3/t25-,26+,32?,33?. The van der Waals surface area contributed by atoms with Crippen LogP contribution >= 0.6 is 0 Å². The lowest BCUT2D eigenvalue weighted by atomic mass is 9.91. The number of likely N-dealkylation sites (tertiary alicyclic amines) is 1. The van der Waals surface area contributed by atoms with Crippen molar-refractivity contribution in [2.75, 3.05) is 64.6 Å². The number of phenols is 1. The first-order valence-corrected chi connectivity index (χ1v) is 19.5. The lowest BCUT2D eigenvalue weighted by Gasteiger charge is -2.42. The third-order valence-electron chi connectivity index (χ3n) is 12.6. The number of ether oxygens (including phenoxy) is 3. The second-order valence-electron chi connectivity index (χ2n) is 16.3. The summed E-state index contributed by atoms with van der Waals surface area (Å²) >= 11 is 0. The van der Waals surface area contributed by atoms with Crippen molar-refractivity contribution in [1.29, 1.82) is 0 Å². The number of nitrogens with zero attached hydrogens (tertiary/aromatic N) is 7. The number of aromatic nitrogens is 4. The zero-order valence-electron chi connectivity index (χ0n) is 31.2. The number of anilines is 1. The fourth-order valence-corrected chi connectivity index (χ4v) is 9.71. The number of piperazine rings is 1. The summed E-state index contributed by atoms with van der Waals surface area (Å²) in [4.78, 5) is 17.5. The van der Waals surface area contributed by atoms with Gasteiger partial charge in [0.2, 0.25) is 0 Å². The second kappa shape index (κ2) is 13.3. The van der Waals surface area contributed by atoms with Crippen LogP contribution < -0.4 is 9.64 Å². The van der Waals surface area contributed by atoms with Crippen LogP contribution in [-0.4, -0.2) is 119 Å². The minimum absolute atomic E-state index is 0.0109. The average molecular weight is 750 g/mol. The number of methoxy groups -OCH3 is 1. The molecule has 0 amide bonds. The normalized spacial score (nSPS) is 24.5. The third kappa shape index (κ3) is 5.96. The van der Waals surface area contributed by atoms with Crippen molar-refractivity contribution in [3.8, 4) is 35.2 Å². The Morgan fingerprint density at radius 2 is 1.91 bits per heavy atom. The maximum atomic E-state index is 17.8. The fourth-order valence-electron chi connectivity index (χ4n) is 9.71. The van der Waals surface area contributed by atoms with Gasteiger partial charge in [0.15, 0.2) is 5.82 Å². The number of benzene rings is 3. The Morgan fingerprint density at radius 3 is 2.67 bits per heavy atom. The Hall–Kier alpha value is -4.61. The minimum atomic E-state index is -0.659. The molecule has 5 fully saturated rings. The molecule has 5 heterocycles. The molecule has 5 aromatic rings. The van der Waals surface area contributed by atoms with Crippen molar-refractivity contribution >= 4 is 38.4 Å². The van der Waals surface area contributed by atoms with E-state index in [1.54, 1.807) is 18.8 Å². The van der Waals surface area contributed by atoms with E-state index in [9.17, 15) is 5.11 Å². The molecule has 55 heavy (non-hydrogen) atoms. The predicted octanol–water partition coefficient (Wildman–Crippen LogP) is 5.62. The summed E-state index contributed by atoms with van der Waals surface area (Å²) in [5.74, 6) is 1.73. The van der Waals surface area contributed by atoms with Crippen LogP contribution in [0, 0.1) is 29.4 Å². The number of rotatable bonds is 11. The third-order valence-corrected chi connectivity index (χ3v) is 12.6. The maximum absolute atomic E-state index is 17.8. The first kappa shape index (κ1) is 34.8. The Balaban J connectivity index is 1.13. The molecule has 4 atom stereocenters. The average Bonchev–Trinajstić information content (AvgIpc) is 4.08. The van der Waals surface area contributed by atoms with Gasteiger partial charge in [0.1, 0.15) is 28.4 Å². The molecule has 3 aromatic carbocycles. The van der Waals surface area contributed by atoms with Crippen LogP contribution in [0.5, 0.6) is 11.8 Å². The van der Waals surface area contributed by atoms with Gasteiger partial charge in [-0.15, -0.1) is 6.42 Å². The van der Waals surface area contributed by atoms with Gasteiger partial charge in [0.25, 0.3) is 0 Å². The Bertz CT molecular complexity index is 2380. The van der Waals surface area contributed by atoms with Gasteiger partial charge in [-0.3, -0.25) is 14.5 Å². The van der Waals surface area contributed by atoms with Crippen LogP contribution in [0.15, 0.2) is 30.5 Å². The van der Waals surface area contributed by atoms with Gasteiger partial charge in [0, 0.05) is 99.6 Å². The number of phenolic OH excluding ortho intramolecular Hbond substituents is 1. The van der Waals surface area contributed by atoms with Crippen molar-refractivity contribution in [3.63, 3.8) is 0 Å². The molecule has 2 bridgehead atoms. The van der Waals surface area contributed by atoms with Gasteiger partial charge in [-0.25, -0.2) is 8.78 Å². The Morgan fingerprint density at radius 1 is 1.09 bits per heavy atom. The molecule has 2 aliphatic carbocycles. The molecule has 2 unspecified atom stereocenters. The van der Waals surface area contributed by atoms with Crippen molar-refractivity contribution < 1.29 is 28.1 Å². The molecule has 0 radical (unpaired) electrons. The maximum Gasteiger partial charge on any atom is 0.319 e. The number of halogens is 2. The molecule has 13 heteroatoms. The van der Waals surface area contributed by atoms with E-state index >= 15 is 8.78 Å². The number of fused-ring (bicyclic) bond motifs is 7. The van der Waals surface area contributed by atoms with Crippen LogP contribution in [0.1, 0.15) is 44.1 Å². The zero-order valence-corrected chi connectivity index (χ0v) is 31.2. The topological polar surface area (TPSA) is 101 Å². The van der Waals surface area contributed by atoms with Crippen molar-refractivity contribution in [2.45, 2.75) is 62.8 Å². The van der Waals surface area contributed by atoms with E-state index < -0.39 is 11.6 Å². The van der Waals surface area contributed by atoms with E-state index in [1.165, 1.54) is 24.3 Å². The van der Waals surface area contributed by atoms with Crippen molar-refractivity contribution in [2.24, 2.45) is 12.5 Å². The Kier molecular flexibility index (Phi) is 8.40. The fraction of sp³-hybridized carbons (Fsp3) is 0.500. The van der Waals surface area contributed by atoms with Crippen LogP contribution in [0.25, 0.3) is 43.7 Å². The number of hydrogen-bond acceptors (Lipinski definition) is 10. The molecule has 2 aromatic heterocycles. The largest absolute Gasteiger partial charge is 0.508 e. The molecule has 3 saturated heterocycles. The van der Waals surface area contributed by atoms with E-state index in [0.717, 1.165) is 77.9 Å². The Labute approximate surface area is 318 Å². The van der Waals surface area contributed by atoms with Gasteiger partial charge in [-0.1, -0.05) is 12.0 Å². The summed E-state index contributed by atoms with van der Waals surface area (Å²) in [6.07, 6.45) is 14.2. The molecule has 5 aliphatic rings. The van der Waals surface area contributed by atoms with Gasteiger partial charge in [0.05, 0.1) is 30.3 Å². The van der Waals surface area contributed by atoms with Crippen molar-refractivity contribution in [1.82, 2.24) is 29.5 Å². The van der Waals surface area contributed by atoms with E-state index in [2.05, 4.69) is 20.6 Å². The SMILES string of the molecule is C#Cc1c(F)ccc2cc(O)cc(-c3c(F)c4nc(OCC5(CN6CCOC7CC76)CC5)nc(N5[C@@H]6CC[C@H]5CN(CCCOC)C6)c4c4cn(C)nc34)c12. The van der Waals surface area contributed by atoms with Gasteiger partial charge in [-0.05, 0) is 67.7 Å². The highest BCUT2D eigenvalue weighted by molar-refractivity contribution is 6.18. The molecule has 10 rings (SSSR count). The first-order valence-electron chi connectivity index (χ1n) is 19.5. The summed E-state index contributed by atoms with van der Waals surface area (Å²) < 4.78 is 52.5. The smallest absolute Gasteiger partial charge is 0.319 e. The number of hydrogen-bond donors (Lipinski definition) is 1. The van der Waals surface area contributed by atoms with E-state index in [-0.39, 0.29) is 51.5 Å². The summed E-state index contributed by atoms with van der Waals surface area (Å²) in [7, 11) is 3.52. The highest BCUT2D eigenvalue weighted by atomic mass is 19.1. The van der Waals surface area contributed by atoms with Crippen LogP contribution in [0.2, 0.25) is 0 Å². The predicted molar refractivity (Wildman–Crippen MR) is 205 cm³/mol. The first-order chi connectivity index (χ1) is 26.7. The van der Waals surface area contributed by atoms with Crippen LogP contribution in [0.3, 0.4) is 0 Å². The number of terminal acetylenes is 1.